The van der Waals surface area contributed by atoms with E-state index in [1.165, 1.54) is 32.1 Å². The van der Waals surface area contributed by atoms with Crippen molar-refractivity contribution >= 4 is 5.91 Å². The van der Waals surface area contributed by atoms with Gasteiger partial charge in [-0.05, 0) is 32.1 Å². The van der Waals surface area contributed by atoms with Crippen molar-refractivity contribution in [3.63, 3.8) is 0 Å². The van der Waals surface area contributed by atoms with Crippen LogP contribution in [0.4, 0.5) is 0 Å². The first-order chi connectivity index (χ1) is 7.65. The standard InChI is InChI=1S/C13H26N2O/c1-3-7-12(14)13(16)15-10(2)11-8-5-4-6-9-11/h10-12H,3-9,14H2,1-2H3,(H,15,16)/t10?,12-/m0/s1. The molecule has 0 saturated heterocycles. The molecular formula is C13H26N2O. The van der Waals surface area contributed by atoms with Crippen molar-refractivity contribution in [1.29, 1.82) is 0 Å². The summed E-state index contributed by atoms with van der Waals surface area (Å²) in [7, 11) is 0. The van der Waals surface area contributed by atoms with Crippen LogP contribution in [0, 0.1) is 5.92 Å². The zero-order chi connectivity index (χ0) is 12.0. The maximum Gasteiger partial charge on any atom is 0.237 e. The number of carbonyl (C=O) groups is 1. The number of hydrogen-bond donors (Lipinski definition) is 2. The summed E-state index contributed by atoms with van der Waals surface area (Å²) in [6.45, 7) is 4.17. The highest BCUT2D eigenvalue weighted by Crippen LogP contribution is 2.26. The lowest BCUT2D eigenvalue weighted by molar-refractivity contribution is -0.123. The Labute approximate surface area is 99.2 Å². The lowest BCUT2D eigenvalue weighted by Gasteiger charge is -2.29. The van der Waals surface area contributed by atoms with E-state index in [4.69, 9.17) is 5.73 Å². The van der Waals surface area contributed by atoms with Gasteiger partial charge >= 0.3 is 0 Å². The molecule has 0 spiro atoms. The molecule has 0 heterocycles. The van der Waals surface area contributed by atoms with E-state index < -0.39 is 0 Å². The van der Waals surface area contributed by atoms with Gasteiger partial charge in [-0.2, -0.15) is 0 Å². The molecule has 0 aliphatic heterocycles. The number of carbonyl (C=O) groups excluding carboxylic acids is 1. The van der Waals surface area contributed by atoms with Crippen molar-refractivity contribution in [2.24, 2.45) is 11.7 Å². The van der Waals surface area contributed by atoms with E-state index in [9.17, 15) is 4.79 Å². The van der Waals surface area contributed by atoms with Gasteiger partial charge in [-0.3, -0.25) is 4.79 Å². The van der Waals surface area contributed by atoms with Gasteiger partial charge in [0.1, 0.15) is 0 Å². The minimum Gasteiger partial charge on any atom is -0.352 e. The number of hydrogen-bond acceptors (Lipinski definition) is 2. The summed E-state index contributed by atoms with van der Waals surface area (Å²) in [6.07, 6.45) is 8.23. The molecular weight excluding hydrogens is 200 g/mol. The Morgan fingerprint density at radius 3 is 2.56 bits per heavy atom. The lowest BCUT2D eigenvalue weighted by atomic mass is 9.84. The van der Waals surface area contributed by atoms with E-state index in [1.54, 1.807) is 0 Å². The second kappa shape index (κ2) is 6.89. The van der Waals surface area contributed by atoms with E-state index in [0.717, 1.165) is 12.8 Å². The van der Waals surface area contributed by atoms with Crippen LogP contribution in [-0.4, -0.2) is 18.0 Å². The van der Waals surface area contributed by atoms with Gasteiger partial charge in [0.2, 0.25) is 5.91 Å². The van der Waals surface area contributed by atoms with Gasteiger partial charge < -0.3 is 11.1 Å². The van der Waals surface area contributed by atoms with E-state index in [-0.39, 0.29) is 18.0 Å². The second-order valence-electron chi connectivity index (χ2n) is 5.09. The average Bonchev–Trinajstić information content (AvgIpc) is 2.30. The van der Waals surface area contributed by atoms with Crippen molar-refractivity contribution in [1.82, 2.24) is 5.32 Å². The predicted octanol–water partition coefficient (Wildman–Crippen LogP) is 2.20. The molecule has 16 heavy (non-hydrogen) atoms. The van der Waals surface area contributed by atoms with E-state index in [2.05, 4.69) is 19.2 Å². The van der Waals surface area contributed by atoms with Crippen LogP contribution in [0.3, 0.4) is 0 Å². The minimum absolute atomic E-state index is 0.0277. The molecule has 94 valence electrons. The molecule has 1 amide bonds. The quantitative estimate of drug-likeness (QED) is 0.755. The smallest absolute Gasteiger partial charge is 0.237 e. The molecule has 0 aromatic carbocycles. The molecule has 0 bridgehead atoms. The Kier molecular flexibility index (Phi) is 5.81. The van der Waals surface area contributed by atoms with Gasteiger partial charge in [0.25, 0.3) is 0 Å². The zero-order valence-electron chi connectivity index (χ0n) is 10.7. The molecule has 3 heteroatoms. The Hall–Kier alpha value is -0.570. The van der Waals surface area contributed by atoms with Crippen molar-refractivity contribution in [3.05, 3.63) is 0 Å². The molecule has 3 N–H and O–H groups in total. The van der Waals surface area contributed by atoms with Gasteiger partial charge in [-0.15, -0.1) is 0 Å². The van der Waals surface area contributed by atoms with Gasteiger partial charge in [0, 0.05) is 6.04 Å². The van der Waals surface area contributed by atoms with Crippen LogP contribution >= 0.6 is 0 Å². The van der Waals surface area contributed by atoms with Crippen molar-refractivity contribution in [2.75, 3.05) is 0 Å². The van der Waals surface area contributed by atoms with Crippen LogP contribution in [0.5, 0.6) is 0 Å². The molecule has 1 saturated carbocycles. The van der Waals surface area contributed by atoms with Gasteiger partial charge in [-0.1, -0.05) is 32.6 Å². The third kappa shape index (κ3) is 4.12. The van der Waals surface area contributed by atoms with Crippen molar-refractivity contribution in [3.8, 4) is 0 Å². The van der Waals surface area contributed by atoms with Crippen molar-refractivity contribution < 1.29 is 4.79 Å². The number of rotatable bonds is 5. The molecule has 0 aromatic heterocycles. The van der Waals surface area contributed by atoms with E-state index in [0.29, 0.717) is 5.92 Å². The Balaban J connectivity index is 2.31. The summed E-state index contributed by atoms with van der Waals surface area (Å²) in [5, 5.41) is 3.07. The van der Waals surface area contributed by atoms with Crippen LogP contribution in [0.15, 0.2) is 0 Å². The summed E-state index contributed by atoms with van der Waals surface area (Å²) in [6, 6.07) is -0.0354. The fourth-order valence-electron chi connectivity index (χ4n) is 2.53. The number of amides is 1. The first-order valence-corrected chi connectivity index (χ1v) is 6.71. The van der Waals surface area contributed by atoms with Crippen LogP contribution < -0.4 is 11.1 Å². The Bertz CT molecular complexity index is 212. The molecule has 3 nitrogen and oxygen atoms in total. The summed E-state index contributed by atoms with van der Waals surface area (Å²) in [5.41, 5.74) is 5.79. The largest absolute Gasteiger partial charge is 0.352 e. The third-order valence-corrected chi connectivity index (χ3v) is 3.66. The van der Waals surface area contributed by atoms with Crippen molar-refractivity contribution in [2.45, 2.75) is 70.9 Å². The topological polar surface area (TPSA) is 55.1 Å². The SMILES string of the molecule is CCC[C@H](N)C(=O)NC(C)C1CCCCC1. The number of nitrogens with one attached hydrogen (secondary N) is 1. The molecule has 0 aromatic rings. The normalized spacial score (nSPS) is 21.4. The molecule has 1 fully saturated rings. The van der Waals surface area contributed by atoms with Crippen LogP contribution in [0.25, 0.3) is 0 Å². The molecule has 1 aliphatic rings. The fraction of sp³-hybridized carbons (Fsp3) is 0.923. The highest BCUT2D eigenvalue weighted by molar-refractivity contribution is 5.81. The molecule has 1 unspecified atom stereocenters. The highest BCUT2D eigenvalue weighted by atomic mass is 16.2. The van der Waals surface area contributed by atoms with E-state index >= 15 is 0 Å². The minimum atomic E-state index is -0.323. The summed E-state index contributed by atoms with van der Waals surface area (Å²) >= 11 is 0. The van der Waals surface area contributed by atoms with Gasteiger partial charge in [0.05, 0.1) is 6.04 Å². The average molecular weight is 226 g/mol. The summed E-state index contributed by atoms with van der Waals surface area (Å²) < 4.78 is 0. The first kappa shape index (κ1) is 13.5. The van der Waals surface area contributed by atoms with Crippen LogP contribution in [0.1, 0.15) is 58.8 Å². The Morgan fingerprint density at radius 1 is 1.38 bits per heavy atom. The zero-order valence-corrected chi connectivity index (χ0v) is 10.7. The number of nitrogens with two attached hydrogens (primary N) is 1. The van der Waals surface area contributed by atoms with Crippen LogP contribution in [0.2, 0.25) is 0 Å². The molecule has 2 atom stereocenters. The summed E-state index contributed by atoms with van der Waals surface area (Å²) in [4.78, 5) is 11.7. The predicted molar refractivity (Wildman–Crippen MR) is 67.1 cm³/mol. The summed E-state index contributed by atoms with van der Waals surface area (Å²) in [5.74, 6) is 0.687. The molecule has 0 radical (unpaired) electrons. The second-order valence-corrected chi connectivity index (χ2v) is 5.09. The van der Waals surface area contributed by atoms with Gasteiger partial charge in [0.15, 0.2) is 0 Å². The Morgan fingerprint density at radius 2 is 2.00 bits per heavy atom. The lowest BCUT2D eigenvalue weighted by Crippen LogP contribution is -2.47. The fourth-order valence-corrected chi connectivity index (χ4v) is 2.53. The molecule has 1 aliphatic carbocycles. The first-order valence-electron chi connectivity index (χ1n) is 6.71. The maximum atomic E-state index is 11.7. The van der Waals surface area contributed by atoms with E-state index in [1.807, 2.05) is 0 Å². The third-order valence-electron chi connectivity index (χ3n) is 3.66. The molecule has 1 rings (SSSR count). The highest BCUT2D eigenvalue weighted by Gasteiger charge is 2.23. The maximum absolute atomic E-state index is 11.7. The van der Waals surface area contributed by atoms with Crippen LogP contribution in [-0.2, 0) is 4.79 Å². The monoisotopic (exact) mass is 226 g/mol. The van der Waals surface area contributed by atoms with Gasteiger partial charge in [-0.25, -0.2) is 0 Å².